The average Bonchev–Trinajstić information content (AvgIpc) is 2.53. The van der Waals surface area contributed by atoms with Crippen molar-refractivity contribution in [3.63, 3.8) is 0 Å². The number of hydrogen-bond acceptors (Lipinski definition) is 8. The van der Waals surface area contributed by atoms with Gasteiger partial charge in [-0.2, -0.15) is 5.48 Å². The van der Waals surface area contributed by atoms with Gasteiger partial charge in [-0.05, 0) is 20.8 Å². The number of aliphatic hydroxyl groups excluding tert-OH is 1. The Bertz CT molecular complexity index is 456. The van der Waals surface area contributed by atoms with Crippen molar-refractivity contribution in [2.24, 2.45) is 0 Å². The van der Waals surface area contributed by atoms with Crippen molar-refractivity contribution in [1.29, 1.82) is 0 Å². The van der Waals surface area contributed by atoms with E-state index in [4.69, 9.17) is 9.84 Å². The third-order valence-corrected chi connectivity index (χ3v) is 2.02. The predicted molar refractivity (Wildman–Crippen MR) is 63.9 cm³/mol. The second-order valence-corrected chi connectivity index (χ2v) is 5.10. The predicted octanol–water partition coefficient (Wildman–Crippen LogP) is -0.979. The van der Waals surface area contributed by atoms with Crippen LogP contribution in [0.15, 0.2) is 0 Å². The summed E-state index contributed by atoms with van der Waals surface area (Å²) in [5.74, 6) is -2.99. The molecule has 0 aromatic carbocycles. The SMILES string of the molecule is CC(C)(C)OC(=O)NOCC(=O)ON1C(=O)CC(O)C1=O. The standard InChI is InChI=1S/C11H16N2O8/c1-11(2,3)20-10(18)12-19-5-8(16)21-13-7(15)4-6(14)9(13)17/h6,14H,4-5H2,1-3H3,(H,12,18). The van der Waals surface area contributed by atoms with Crippen molar-refractivity contribution in [2.75, 3.05) is 6.61 Å². The molecule has 1 aliphatic rings. The largest absolute Gasteiger partial charge is 0.442 e. The zero-order chi connectivity index (χ0) is 16.2. The molecule has 1 saturated heterocycles. The summed E-state index contributed by atoms with van der Waals surface area (Å²) in [5.41, 5.74) is 1.09. The monoisotopic (exact) mass is 304 g/mol. The van der Waals surface area contributed by atoms with Gasteiger partial charge in [-0.25, -0.2) is 9.59 Å². The Hall–Kier alpha value is -2.20. The Balaban J connectivity index is 2.31. The highest BCUT2D eigenvalue weighted by Gasteiger charge is 2.40. The van der Waals surface area contributed by atoms with E-state index in [2.05, 4.69) is 9.68 Å². The van der Waals surface area contributed by atoms with Crippen LogP contribution in [0.2, 0.25) is 0 Å². The summed E-state index contributed by atoms with van der Waals surface area (Å²) >= 11 is 0. The molecule has 1 heterocycles. The summed E-state index contributed by atoms with van der Waals surface area (Å²) in [7, 11) is 0. The summed E-state index contributed by atoms with van der Waals surface area (Å²) in [5, 5.41) is 9.26. The molecule has 10 nitrogen and oxygen atoms in total. The lowest BCUT2D eigenvalue weighted by Crippen LogP contribution is -2.37. The third-order valence-electron chi connectivity index (χ3n) is 2.02. The number of amides is 3. The molecule has 0 aliphatic carbocycles. The molecule has 1 atom stereocenters. The minimum atomic E-state index is -1.52. The molecule has 0 radical (unpaired) electrons. The van der Waals surface area contributed by atoms with Crippen molar-refractivity contribution in [1.82, 2.24) is 10.5 Å². The molecule has 118 valence electrons. The van der Waals surface area contributed by atoms with E-state index < -0.39 is 48.6 Å². The van der Waals surface area contributed by atoms with Crippen LogP contribution in [-0.4, -0.2) is 52.4 Å². The molecule has 21 heavy (non-hydrogen) atoms. The molecule has 0 aromatic rings. The van der Waals surface area contributed by atoms with E-state index in [0.717, 1.165) is 0 Å². The minimum Gasteiger partial charge on any atom is -0.442 e. The molecule has 0 bridgehead atoms. The van der Waals surface area contributed by atoms with Crippen LogP contribution in [0.1, 0.15) is 27.2 Å². The van der Waals surface area contributed by atoms with Gasteiger partial charge in [0.1, 0.15) is 11.7 Å². The van der Waals surface area contributed by atoms with Crippen molar-refractivity contribution in [3.05, 3.63) is 0 Å². The van der Waals surface area contributed by atoms with Gasteiger partial charge in [0.25, 0.3) is 11.8 Å². The summed E-state index contributed by atoms with van der Waals surface area (Å²) in [6, 6.07) is 0. The number of carbonyl (C=O) groups is 4. The number of ether oxygens (including phenoxy) is 1. The topological polar surface area (TPSA) is 131 Å². The Morgan fingerprint density at radius 3 is 2.48 bits per heavy atom. The van der Waals surface area contributed by atoms with Gasteiger partial charge < -0.3 is 14.7 Å². The van der Waals surface area contributed by atoms with E-state index in [1.807, 2.05) is 5.48 Å². The zero-order valence-corrected chi connectivity index (χ0v) is 11.7. The van der Waals surface area contributed by atoms with E-state index in [1.165, 1.54) is 0 Å². The Labute approximate surface area is 119 Å². The highest BCUT2D eigenvalue weighted by molar-refractivity contribution is 6.04. The van der Waals surface area contributed by atoms with Gasteiger partial charge >= 0.3 is 12.1 Å². The fourth-order valence-corrected chi connectivity index (χ4v) is 1.27. The molecule has 1 rings (SSSR count). The molecule has 0 aromatic heterocycles. The molecule has 2 N–H and O–H groups in total. The van der Waals surface area contributed by atoms with E-state index in [0.29, 0.717) is 0 Å². The van der Waals surface area contributed by atoms with Crippen molar-refractivity contribution >= 4 is 23.9 Å². The van der Waals surface area contributed by atoms with Gasteiger partial charge in [-0.3, -0.25) is 14.4 Å². The first kappa shape index (κ1) is 16.9. The number of nitrogens with zero attached hydrogens (tertiary/aromatic N) is 1. The Morgan fingerprint density at radius 1 is 1.38 bits per heavy atom. The lowest BCUT2D eigenvalue weighted by molar-refractivity contribution is -0.202. The zero-order valence-electron chi connectivity index (χ0n) is 11.7. The minimum absolute atomic E-state index is 0.157. The highest BCUT2D eigenvalue weighted by atomic mass is 16.8. The summed E-state index contributed by atoms with van der Waals surface area (Å²) in [4.78, 5) is 53.8. The molecule has 0 saturated carbocycles. The normalized spacial score (nSPS) is 18.7. The van der Waals surface area contributed by atoms with E-state index in [-0.39, 0.29) is 5.06 Å². The van der Waals surface area contributed by atoms with Crippen LogP contribution in [0.5, 0.6) is 0 Å². The van der Waals surface area contributed by atoms with Crippen molar-refractivity contribution in [2.45, 2.75) is 38.9 Å². The summed E-state index contributed by atoms with van der Waals surface area (Å²) in [6.07, 6.45) is -2.89. The number of imide groups is 1. The quantitative estimate of drug-likeness (QED) is 0.500. The Morgan fingerprint density at radius 2 is 2.00 bits per heavy atom. The molecule has 0 spiro atoms. The fraction of sp³-hybridized carbons (Fsp3) is 0.636. The van der Waals surface area contributed by atoms with E-state index in [9.17, 15) is 19.2 Å². The maximum absolute atomic E-state index is 11.3. The van der Waals surface area contributed by atoms with E-state index >= 15 is 0 Å². The van der Waals surface area contributed by atoms with Crippen LogP contribution in [-0.2, 0) is 28.8 Å². The average molecular weight is 304 g/mol. The first-order valence-electron chi connectivity index (χ1n) is 5.96. The molecule has 1 aliphatic heterocycles. The number of nitrogens with one attached hydrogen (secondary N) is 1. The van der Waals surface area contributed by atoms with Gasteiger partial charge in [0.2, 0.25) is 0 Å². The van der Waals surface area contributed by atoms with Gasteiger partial charge in [0.05, 0.1) is 6.42 Å². The van der Waals surface area contributed by atoms with Crippen LogP contribution in [0.25, 0.3) is 0 Å². The molecule has 3 amide bonds. The maximum Gasteiger partial charge on any atom is 0.431 e. The molecule has 10 heteroatoms. The first-order valence-corrected chi connectivity index (χ1v) is 5.96. The van der Waals surface area contributed by atoms with Gasteiger partial charge in [-0.15, -0.1) is 0 Å². The smallest absolute Gasteiger partial charge is 0.431 e. The summed E-state index contributed by atoms with van der Waals surface area (Å²) < 4.78 is 4.82. The molecule has 1 fully saturated rings. The number of aliphatic hydroxyl groups is 1. The van der Waals surface area contributed by atoms with Gasteiger partial charge in [0, 0.05) is 0 Å². The molecular weight excluding hydrogens is 288 g/mol. The highest BCUT2D eigenvalue weighted by Crippen LogP contribution is 2.13. The lowest BCUT2D eigenvalue weighted by atomic mass is 10.2. The van der Waals surface area contributed by atoms with Gasteiger partial charge in [-0.1, -0.05) is 5.06 Å². The number of hydroxylamine groups is 3. The number of hydrogen-bond donors (Lipinski definition) is 2. The van der Waals surface area contributed by atoms with E-state index in [1.54, 1.807) is 20.8 Å². The first-order chi connectivity index (χ1) is 9.60. The lowest BCUT2D eigenvalue weighted by Gasteiger charge is -2.19. The van der Waals surface area contributed by atoms with Crippen LogP contribution in [0.4, 0.5) is 4.79 Å². The molecule has 1 unspecified atom stereocenters. The Kier molecular flexibility index (Phi) is 5.22. The fourth-order valence-electron chi connectivity index (χ4n) is 1.27. The summed E-state index contributed by atoms with van der Waals surface area (Å²) in [6.45, 7) is 4.15. The van der Waals surface area contributed by atoms with Crippen LogP contribution in [0.3, 0.4) is 0 Å². The maximum atomic E-state index is 11.3. The molecular formula is C11H16N2O8. The van der Waals surface area contributed by atoms with Crippen molar-refractivity contribution in [3.8, 4) is 0 Å². The number of rotatable bonds is 4. The van der Waals surface area contributed by atoms with Gasteiger partial charge in [0.15, 0.2) is 6.61 Å². The second kappa shape index (κ2) is 6.50. The third kappa shape index (κ3) is 5.36. The number of carbonyl (C=O) groups excluding carboxylic acids is 4. The second-order valence-electron chi connectivity index (χ2n) is 5.10. The van der Waals surface area contributed by atoms with Crippen molar-refractivity contribution < 1.29 is 38.7 Å². The van der Waals surface area contributed by atoms with Crippen LogP contribution >= 0.6 is 0 Å². The van der Waals surface area contributed by atoms with Crippen LogP contribution < -0.4 is 5.48 Å². The van der Waals surface area contributed by atoms with Crippen LogP contribution in [0, 0.1) is 0 Å².